The molecular formula is C16H18N6O2. The Morgan fingerprint density at radius 2 is 1.79 bits per heavy atom. The van der Waals surface area contributed by atoms with Gasteiger partial charge >= 0.3 is 5.69 Å². The topological polar surface area (TPSA) is 87.9 Å². The Labute approximate surface area is 137 Å². The lowest BCUT2D eigenvalue weighted by Gasteiger charge is -2.28. The molecule has 0 saturated carbocycles. The fraction of sp³-hybridized carbons (Fsp3) is 0.312. The van der Waals surface area contributed by atoms with Crippen molar-refractivity contribution in [2.24, 2.45) is 7.05 Å². The van der Waals surface area contributed by atoms with Crippen molar-refractivity contribution in [2.45, 2.75) is 0 Å². The van der Waals surface area contributed by atoms with Gasteiger partial charge in [0.2, 0.25) is 5.95 Å². The predicted octanol–water partition coefficient (Wildman–Crippen LogP) is -0.178. The number of aryl methyl sites for hydroxylation is 1. The van der Waals surface area contributed by atoms with Crippen molar-refractivity contribution in [3.05, 3.63) is 51.2 Å². The zero-order valence-corrected chi connectivity index (χ0v) is 13.3. The molecule has 3 heterocycles. The van der Waals surface area contributed by atoms with Crippen LogP contribution in [-0.2, 0) is 7.05 Å². The number of anilines is 1. The van der Waals surface area contributed by atoms with Crippen molar-refractivity contribution in [2.75, 3.05) is 31.1 Å². The number of aromatic nitrogens is 4. The highest BCUT2D eigenvalue weighted by Crippen LogP contribution is 2.24. The summed E-state index contributed by atoms with van der Waals surface area (Å²) in [6.45, 7) is 3.30. The maximum absolute atomic E-state index is 12.5. The Morgan fingerprint density at radius 3 is 2.50 bits per heavy atom. The first-order valence-corrected chi connectivity index (χ1v) is 7.89. The number of nitrogens with one attached hydrogen (secondary N) is 2. The second-order valence-electron chi connectivity index (χ2n) is 5.81. The van der Waals surface area contributed by atoms with Gasteiger partial charge in [-0.05, 0) is 12.1 Å². The van der Waals surface area contributed by atoms with E-state index in [1.165, 1.54) is 4.57 Å². The van der Waals surface area contributed by atoms with E-state index in [0.29, 0.717) is 17.1 Å². The minimum absolute atomic E-state index is 0.386. The van der Waals surface area contributed by atoms with Crippen LogP contribution in [0.3, 0.4) is 0 Å². The number of nitrogens with zero attached hydrogens (tertiary/aromatic N) is 4. The van der Waals surface area contributed by atoms with E-state index in [9.17, 15) is 9.59 Å². The lowest BCUT2D eigenvalue weighted by Crippen LogP contribution is -2.44. The molecule has 0 spiro atoms. The molecule has 2 aromatic heterocycles. The molecular weight excluding hydrogens is 308 g/mol. The van der Waals surface area contributed by atoms with Gasteiger partial charge in [0, 0.05) is 38.9 Å². The van der Waals surface area contributed by atoms with Crippen LogP contribution in [-0.4, -0.2) is 45.3 Å². The van der Waals surface area contributed by atoms with E-state index in [4.69, 9.17) is 0 Å². The molecule has 3 aromatic rings. The number of H-pyrrole nitrogens is 1. The molecule has 1 aliphatic heterocycles. The number of imidazole rings is 1. The molecule has 8 nitrogen and oxygen atoms in total. The lowest BCUT2D eigenvalue weighted by atomic mass is 10.3. The van der Waals surface area contributed by atoms with Crippen molar-refractivity contribution in [1.82, 2.24) is 24.4 Å². The van der Waals surface area contributed by atoms with Crippen LogP contribution in [0.4, 0.5) is 5.95 Å². The SMILES string of the molecule is Cn1c(=O)[nH]c(=O)c2c1nc(N1CCNCC1)n2-c1ccccc1. The zero-order chi connectivity index (χ0) is 16.7. The summed E-state index contributed by atoms with van der Waals surface area (Å²) >= 11 is 0. The van der Waals surface area contributed by atoms with E-state index in [-0.39, 0.29) is 0 Å². The third-order valence-corrected chi connectivity index (χ3v) is 4.31. The van der Waals surface area contributed by atoms with Crippen LogP contribution in [0.25, 0.3) is 16.9 Å². The molecule has 1 aromatic carbocycles. The summed E-state index contributed by atoms with van der Waals surface area (Å²) in [6, 6.07) is 9.61. The molecule has 0 radical (unpaired) electrons. The second kappa shape index (κ2) is 5.64. The van der Waals surface area contributed by atoms with E-state index >= 15 is 0 Å². The highest BCUT2D eigenvalue weighted by Gasteiger charge is 2.23. The first-order valence-electron chi connectivity index (χ1n) is 7.89. The molecule has 1 saturated heterocycles. The van der Waals surface area contributed by atoms with Crippen LogP contribution in [0.2, 0.25) is 0 Å². The maximum atomic E-state index is 12.5. The summed E-state index contributed by atoms with van der Waals surface area (Å²) in [5.74, 6) is 0.685. The Hall–Kier alpha value is -2.87. The van der Waals surface area contributed by atoms with Gasteiger partial charge in [0.1, 0.15) is 0 Å². The number of hydrogen-bond acceptors (Lipinski definition) is 5. The second-order valence-corrected chi connectivity index (χ2v) is 5.81. The van der Waals surface area contributed by atoms with E-state index in [1.807, 2.05) is 34.9 Å². The van der Waals surface area contributed by atoms with Crippen LogP contribution in [0.1, 0.15) is 0 Å². The zero-order valence-electron chi connectivity index (χ0n) is 13.3. The third-order valence-electron chi connectivity index (χ3n) is 4.31. The molecule has 1 aliphatic rings. The van der Waals surface area contributed by atoms with Gasteiger partial charge in [-0.25, -0.2) is 4.79 Å². The Balaban J connectivity index is 2.07. The normalized spacial score (nSPS) is 15.1. The van der Waals surface area contributed by atoms with Crippen LogP contribution < -0.4 is 21.5 Å². The molecule has 0 amide bonds. The molecule has 1 fully saturated rings. The molecule has 124 valence electrons. The Bertz CT molecular complexity index is 995. The average Bonchev–Trinajstić information content (AvgIpc) is 3.02. The minimum Gasteiger partial charge on any atom is -0.339 e. The number of piperazine rings is 1. The summed E-state index contributed by atoms with van der Waals surface area (Å²) in [7, 11) is 1.62. The van der Waals surface area contributed by atoms with E-state index in [2.05, 4.69) is 20.2 Å². The summed E-state index contributed by atoms with van der Waals surface area (Å²) < 4.78 is 3.21. The van der Waals surface area contributed by atoms with Gasteiger partial charge in [-0.1, -0.05) is 18.2 Å². The standard InChI is InChI=1S/C16H18N6O2/c1-20-13-12(14(23)19-16(20)24)22(11-5-3-2-4-6-11)15(18-13)21-9-7-17-8-10-21/h2-6,17H,7-10H2,1H3,(H,19,23,24). The van der Waals surface area contributed by atoms with Gasteiger partial charge in [0.25, 0.3) is 5.56 Å². The molecule has 0 aliphatic carbocycles. The first-order chi connectivity index (χ1) is 11.7. The molecule has 0 unspecified atom stereocenters. The van der Waals surface area contributed by atoms with Crippen LogP contribution in [0.5, 0.6) is 0 Å². The fourth-order valence-electron chi connectivity index (χ4n) is 3.07. The lowest BCUT2D eigenvalue weighted by molar-refractivity contribution is 0.578. The smallest absolute Gasteiger partial charge is 0.329 e. The van der Waals surface area contributed by atoms with Gasteiger partial charge < -0.3 is 10.2 Å². The maximum Gasteiger partial charge on any atom is 0.329 e. The van der Waals surface area contributed by atoms with Crippen molar-refractivity contribution in [3.8, 4) is 5.69 Å². The third kappa shape index (κ3) is 2.23. The van der Waals surface area contributed by atoms with Gasteiger partial charge in [0.05, 0.1) is 0 Å². The number of para-hydroxylation sites is 1. The number of benzene rings is 1. The van der Waals surface area contributed by atoms with Gasteiger partial charge in [-0.3, -0.25) is 18.9 Å². The van der Waals surface area contributed by atoms with Crippen molar-refractivity contribution < 1.29 is 0 Å². The summed E-state index contributed by atoms with van der Waals surface area (Å²) in [6.07, 6.45) is 0. The van der Waals surface area contributed by atoms with E-state index < -0.39 is 11.2 Å². The molecule has 0 bridgehead atoms. The van der Waals surface area contributed by atoms with E-state index in [1.54, 1.807) is 7.05 Å². The quantitative estimate of drug-likeness (QED) is 0.682. The Morgan fingerprint density at radius 1 is 1.08 bits per heavy atom. The predicted molar refractivity (Wildman–Crippen MR) is 92.0 cm³/mol. The highest BCUT2D eigenvalue weighted by atomic mass is 16.2. The van der Waals surface area contributed by atoms with Crippen LogP contribution in [0, 0.1) is 0 Å². The van der Waals surface area contributed by atoms with Crippen LogP contribution >= 0.6 is 0 Å². The summed E-state index contributed by atoms with van der Waals surface area (Å²) in [5.41, 5.74) is 0.735. The van der Waals surface area contributed by atoms with Crippen molar-refractivity contribution >= 4 is 17.1 Å². The van der Waals surface area contributed by atoms with E-state index in [0.717, 1.165) is 31.9 Å². The monoisotopic (exact) mass is 326 g/mol. The molecule has 4 rings (SSSR count). The summed E-state index contributed by atoms with van der Waals surface area (Å²) in [4.78, 5) is 33.5. The molecule has 2 N–H and O–H groups in total. The van der Waals surface area contributed by atoms with Gasteiger partial charge in [0.15, 0.2) is 11.2 Å². The highest BCUT2D eigenvalue weighted by molar-refractivity contribution is 5.77. The molecule has 0 atom stereocenters. The number of fused-ring (bicyclic) bond motifs is 1. The van der Waals surface area contributed by atoms with Crippen molar-refractivity contribution in [1.29, 1.82) is 0 Å². The average molecular weight is 326 g/mol. The van der Waals surface area contributed by atoms with Crippen molar-refractivity contribution in [3.63, 3.8) is 0 Å². The fourth-order valence-corrected chi connectivity index (χ4v) is 3.07. The number of hydrogen-bond donors (Lipinski definition) is 2. The molecule has 24 heavy (non-hydrogen) atoms. The van der Waals surface area contributed by atoms with Gasteiger partial charge in [-0.15, -0.1) is 0 Å². The number of aromatic amines is 1. The largest absolute Gasteiger partial charge is 0.339 e. The number of rotatable bonds is 2. The van der Waals surface area contributed by atoms with Gasteiger partial charge in [-0.2, -0.15) is 4.98 Å². The molecule has 8 heteroatoms. The Kier molecular flexibility index (Phi) is 3.46. The summed E-state index contributed by atoms with van der Waals surface area (Å²) in [5, 5.41) is 3.31. The van der Waals surface area contributed by atoms with Crippen LogP contribution in [0.15, 0.2) is 39.9 Å². The first kappa shape index (κ1) is 14.7. The minimum atomic E-state index is -0.461.